The lowest BCUT2D eigenvalue weighted by molar-refractivity contribution is 0.302. The molecular weight excluding hydrogens is 252 g/mol. The third kappa shape index (κ3) is 3.69. The van der Waals surface area contributed by atoms with Crippen LogP contribution in [0.1, 0.15) is 46.6 Å². The Kier molecular flexibility index (Phi) is 3.61. The summed E-state index contributed by atoms with van der Waals surface area (Å²) in [4.78, 5) is 4.73. The molecule has 19 heavy (non-hydrogen) atoms. The van der Waals surface area contributed by atoms with Crippen molar-refractivity contribution in [3.05, 3.63) is 23.8 Å². The van der Waals surface area contributed by atoms with Gasteiger partial charge in [-0.3, -0.25) is 0 Å². The summed E-state index contributed by atoms with van der Waals surface area (Å²) in [6, 6.07) is 6.36. The van der Waals surface area contributed by atoms with Crippen molar-refractivity contribution >= 4 is 26.7 Å². The lowest BCUT2D eigenvalue weighted by Gasteiger charge is -2.33. The number of rotatable bonds is 3. The minimum Gasteiger partial charge on any atom is -0.357 e. The molecule has 0 unspecified atom stereocenters. The number of para-hydroxylation sites is 1. The standard InChI is InChI=1S/C16H24N2S/c1-11-8-7-9-12-13(11)17-14(19-12)18-16(5,6)10-15(2,3)4/h7-9H,10H2,1-6H3,(H,17,18). The average Bonchev–Trinajstić information content (AvgIpc) is 2.56. The Morgan fingerprint density at radius 1 is 1.16 bits per heavy atom. The van der Waals surface area contributed by atoms with Gasteiger partial charge in [0.2, 0.25) is 0 Å². The molecule has 0 atom stereocenters. The molecule has 0 aliphatic rings. The van der Waals surface area contributed by atoms with Crippen LogP contribution in [0, 0.1) is 12.3 Å². The maximum atomic E-state index is 4.73. The highest BCUT2D eigenvalue weighted by atomic mass is 32.1. The van der Waals surface area contributed by atoms with Crippen LogP contribution in [0.3, 0.4) is 0 Å². The van der Waals surface area contributed by atoms with Gasteiger partial charge in [-0.1, -0.05) is 44.2 Å². The molecule has 1 heterocycles. The van der Waals surface area contributed by atoms with E-state index in [9.17, 15) is 0 Å². The van der Waals surface area contributed by atoms with Crippen molar-refractivity contribution in [1.29, 1.82) is 0 Å². The van der Waals surface area contributed by atoms with E-state index in [4.69, 9.17) is 4.98 Å². The van der Waals surface area contributed by atoms with Crippen molar-refractivity contribution in [3.8, 4) is 0 Å². The first kappa shape index (κ1) is 14.3. The molecule has 1 N–H and O–H groups in total. The Morgan fingerprint density at radius 2 is 1.84 bits per heavy atom. The minimum atomic E-state index is 0.0556. The molecule has 0 saturated heterocycles. The summed E-state index contributed by atoms with van der Waals surface area (Å²) in [6.07, 6.45) is 1.11. The molecule has 0 radical (unpaired) electrons. The fourth-order valence-corrected chi connectivity index (χ4v) is 3.92. The minimum absolute atomic E-state index is 0.0556. The molecule has 1 aromatic carbocycles. The monoisotopic (exact) mass is 276 g/mol. The van der Waals surface area contributed by atoms with Crippen LogP contribution >= 0.6 is 11.3 Å². The van der Waals surface area contributed by atoms with Gasteiger partial charge in [0, 0.05) is 5.54 Å². The highest BCUT2D eigenvalue weighted by molar-refractivity contribution is 7.22. The Bertz CT molecular complexity index is 576. The SMILES string of the molecule is Cc1cccc2sc(NC(C)(C)CC(C)(C)C)nc12. The van der Waals surface area contributed by atoms with E-state index >= 15 is 0 Å². The van der Waals surface area contributed by atoms with E-state index in [-0.39, 0.29) is 5.54 Å². The quantitative estimate of drug-likeness (QED) is 0.830. The number of aryl methyl sites for hydroxylation is 1. The smallest absolute Gasteiger partial charge is 0.184 e. The first-order valence-corrected chi connectivity index (χ1v) is 7.62. The molecular formula is C16H24N2S. The number of hydrogen-bond acceptors (Lipinski definition) is 3. The average molecular weight is 276 g/mol. The van der Waals surface area contributed by atoms with E-state index in [1.54, 1.807) is 11.3 Å². The van der Waals surface area contributed by atoms with Gasteiger partial charge < -0.3 is 5.32 Å². The van der Waals surface area contributed by atoms with E-state index in [1.807, 2.05) is 0 Å². The molecule has 0 fully saturated rings. The zero-order chi connectivity index (χ0) is 14.3. The Hall–Kier alpha value is -1.09. The van der Waals surface area contributed by atoms with E-state index in [1.165, 1.54) is 10.3 Å². The maximum Gasteiger partial charge on any atom is 0.184 e. The lowest BCUT2D eigenvalue weighted by atomic mass is 9.82. The maximum absolute atomic E-state index is 4.73. The van der Waals surface area contributed by atoms with E-state index in [0.717, 1.165) is 17.1 Å². The van der Waals surface area contributed by atoms with Crippen LogP contribution in [-0.2, 0) is 0 Å². The van der Waals surface area contributed by atoms with Crippen LogP contribution in [0.5, 0.6) is 0 Å². The van der Waals surface area contributed by atoms with Gasteiger partial charge in [0.15, 0.2) is 5.13 Å². The molecule has 0 spiro atoms. The summed E-state index contributed by atoms with van der Waals surface area (Å²) in [7, 11) is 0. The van der Waals surface area contributed by atoms with Crippen molar-refractivity contribution in [3.63, 3.8) is 0 Å². The van der Waals surface area contributed by atoms with Gasteiger partial charge >= 0.3 is 0 Å². The third-order valence-corrected chi connectivity index (χ3v) is 3.97. The normalized spacial score (nSPS) is 12.9. The van der Waals surface area contributed by atoms with Crippen LogP contribution in [0.4, 0.5) is 5.13 Å². The van der Waals surface area contributed by atoms with Crippen LogP contribution in [0.15, 0.2) is 18.2 Å². The summed E-state index contributed by atoms with van der Waals surface area (Å²) in [5.74, 6) is 0. The second-order valence-electron chi connectivity index (χ2n) is 7.19. The van der Waals surface area contributed by atoms with Crippen molar-refractivity contribution in [2.24, 2.45) is 5.41 Å². The molecule has 0 amide bonds. The molecule has 2 nitrogen and oxygen atoms in total. The summed E-state index contributed by atoms with van der Waals surface area (Å²) in [5.41, 5.74) is 2.74. The van der Waals surface area contributed by atoms with Crippen LogP contribution in [0.2, 0.25) is 0 Å². The number of nitrogens with one attached hydrogen (secondary N) is 1. The van der Waals surface area contributed by atoms with Gasteiger partial charge in [-0.05, 0) is 44.2 Å². The van der Waals surface area contributed by atoms with Crippen molar-refractivity contribution in [2.75, 3.05) is 5.32 Å². The molecule has 0 aliphatic heterocycles. The molecule has 3 heteroatoms. The second kappa shape index (κ2) is 4.78. The molecule has 2 aromatic rings. The third-order valence-electron chi connectivity index (χ3n) is 3.04. The molecule has 104 valence electrons. The number of anilines is 1. The largest absolute Gasteiger partial charge is 0.357 e. The number of thiazole rings is 1. The van der Waals surface area contributed by atoms with Crippen molar-refractivity contribution < 1.29 is 0 Å². The second-order valence-corrected chi connectivity index (χ2v) is 8.22. The Labute approximate surface area is 120 Å². The van der Waals surface area contributed by atoms with E-state index < -0.39 is 0 Å². The molecule has 2 rings (SSSR count). The topological polar surface area (TPSA) is 24.9 Å². The number of fused-ring (bicyclic) bond motifs is 1. The van der Waals surface area contributed by atoms with E-state index in [2.05, 4.69) is 65.1 Å². The zero-order valence-electron chi connectivity index (χ0n) is 12.8. The predicted octanol–water partition coefficient (Wildman–Crippen LogP) is 5.23. The van der Waals surface area contributed by atoms with Gasteiger partial charge in [0.05, 0.1) is 10.2 Å². The predicted molar refractivity (Wildman–Crippen MR) is 86.1 cm³/mol. The molecule has 0 saturated carbocycles. The Balaban J connectivity index is 2.24. The fraction of sp³-hybridized carbons (Fsp3) is 0.562. The summed E-state index contributed by atoms with van der Waals surface area (Å²) >= 11 is 1.74. The van der Waals surface area contributed by atoms with Gasteiger partial charge in [-0.2, -0.15) is 0 Å². The van der Waals surface area contributed by atoms with Gasteiger partial charge in [0.25, 0.3) is 0 Å². The van der Waals surface area contributed by atoms with Gasteiger partial charge in [0.1, 0.15) is 0 Å². The highest BCUT2D eigenvalue weighted by Gasteiger charge is 2.26. The van der Waals surface area contributed by atoms with Crippen LogP contribution < -0.4 is 5.32 Å². The molecule has 0 bridgehead atoms. The summed E-state index contributed by atoms with van der Waals surface area (Å²) in [6.45, 7) is 13.4. The van der Waals surface area contributed by atoms with E-state index in [0.29, 0.717) is 5.41 Å². The number of benzene rings is 1. The zero-order valence-corrected chi connectivity index (χ0v) is 13.6. The Morgan fingerprint density at radius 3 is 2.42 bits per heavy atom. The number of hydrogen-bond donors (Lipinski definition) is 1. The fourth-order valence-electron chi connectivity index (χ4n) is 2.80. The van der Waals surface area contributed by atoms with Crippen molar-refractivity contribution in [2.45, 2.75) is 53.5 Å². The van der Waals surface area contributed by atoms with Gasteiger partial charge in [-0.25, -0.2) is 4.98 Å². The highest BCUT2D eigenvalue weighted by Crippen LogP contribution is 2.33. The van der Waals surface area contributed by atoms with Crippen LogP contribution in [-0.4, -0.2) is 10.5 Å². The molecule has 0 aliphatic carbocycles. The van der Waals surface area contributed by atoms with Crippen molar-refractivity contribution in [1.82, 2.24) is 4.98 Å². The number of aromatic nitrogens is 1. The molecule has 1 aromatic heterocycles. The first-order valence-electron chi connectivity index (χ1n) is 6.81. The summed E-state index contributed by atoms with van der Waals surface area (Å²) in [5, 5.41) is 4.63. The van der Waals surface area contributed by atoms with Gasteiger partial charge in [-0.15, -0.1) is 0 Å². The lowest BCUT2D eigenvalue weighted by Crippen LogP contribution is -2.35. The number of nitrogens with zero attached hydrogens (tertiary/aromatic N) is 1. The van der Waals surface area contributed by atoms with Crippen LogP contribution in [0.25, 0.3) is 10.2 Å². The first-order chi connectivity index (χ1) is 8.66. The summed E-state index contributed by atoms with van der Waals surface area (Å²) < 4.78 is 1.26.